The molecule has 0 fully saturated rings. The second kappa shape index (κ2) is 8.05. The number of carbonyl (C=O) groups is 1. The van der Waals surface area contributed by atoms with Crippen molar-refractivity contribution in [1.29, 1.82) is 0 Å². The van der Waals surface area contributed by atoms with Gasteiger partial charge in [-0.05, 0) is 31.0 Å². The van der Waals surface area contributed by atoms with E-state index in [4.69, 9.17) is 5.84 Å². The Bertz CT molecular complexity index is 922. The average Bonchev–Trinajstić information content (AvgIpc) is 3.01. The van der Waals surface area contributed by atoms with Crippen LogP contribution in [0.2, 0.25) is 0 Å². The summed E-state index contributed by atoms with van der Waals surface area (Å²) in [6, 6.07) is 15.7. The van der Waals surface area contributed by atoms with Gasteiger partial charge in [0.15, 0.2) is 5.82 Å². The van der Waals surface area contributed by atoms with Crippen LogP contribution in [0.5, 0.6) is 0 Å². The number of nitrogens with one attached hydrogen (secondary N) is 1. The van der Waals surface area contributed by atoms with Gasteiger partial charge in [0.2, 0.25) is 11.1 Å². The Morgan fingerprint density at radius 3 is 2.77 bits per heavy atom. The third-order valence-electron chi connectivity index (χ3n) is 3.95. The summed E-state index contributed by atoms with van der Waals surface area (Å²) in [5.74, 6) is 6.79. The summed E-state index contributed by atoms with van der Waals surface area (Å²) in [5, 5.41) is 11.7. The minimum atomic E-state index is -0.101. The van der Waals surface area contributed by atoms with Crippen molar-refractivity contribution in [3.63, 3.8) is 0 Å². The number of para-hydroxylation sites is 1. The fraction of sp³-hybridized carbons (Fsp3) is 0.211. The lowest BCUT2D eigenvalue weighted by atomic mass is 10.1. The number of thioether (sulfide) groups is 1. The number of aromatic nitrogens is 3. The number of amides is 1. The van der Waals surface area contributed by atoms with Gasteiger partial charge in [0.05, 0.1) is 5.75 Å². The Morgan fingerprint density at radius 1 is 1.19 bits per heavy atom. The number of rotatable bonds is 6. The van der Waals surface area contributed by atoms with Gasteiger partial charge in [-0.1, -0.05) is 60.6 Å². The maximum absolute atomic E-state index is 12.3. The van der Waals surface area contributed by atoms with Crippen molar-refractivity contribution in [3.8, 4) is 11.4 Å². The Balaban J connectivity index is 1.66. The van der Waals surface area contributed by atoms with Crippen molar-refractivity contribution in [2.75, 3.05) is 16.9 Å². The van der Waals surface area contributed by atoms with E-state index in [0.717, 1.165) is 28.8 Å². The van der Waals surface area contributed by atoms with E-state index in [1.54, 1.807) is 0 Å². The number of benzene rings is 2. The molecule has 3 rings (SSSR count). The standard InChI is InChI=1S/C19H21N5OS/c1-3-14-8-4-5-10-16(14)21-17(25)12-26-19-23-22-18(24(19)20)15-9-6-7-13(2)11-15/h4-11H,3,12,20H2,1-2H3,(H,21,25). The van der Waals surface area contributed by atoms with Crippen LogP contribution < -0.4 is 11.2 Å². The van der Waals surface area contributed by atoms with E-state index in [0.29, 0.717) is 11.0 Å². The maximum Gasteiger partial charge on any atom is 0.234 e. The van der Waals surface area contributed by atoms with Crippen LogP contribution in [0, 0.1) is 6.92 Å². The summed E-state index contributed by atoms with van der Waals surface area (Å²) >= 11 is 1.26. The molecule has 1 amide bonds. The highest BCUT2D eigenvalue weighted by Crippen LogP contribution is 2.23. The molecule has 0 aliphatic rings. The summed E-state index contributed by atoms with van der Waals surface area (Å²) in [6.07, 6.45) is 0.862. The Kier molecular flexibility index (Phi) is 5.58. The highest BCUT2D eigenvalue weighted by atomic mass is 32.2. The molecule has 26 heavy (non-hydrogen) atoms. The summed E-state index contributed by atoms with van der Waals surface area (Å²) in [6.45, 7) is 4.07. The molecule has 134 valence electrons. The number of anilines is 1. The van der Waals surface area contributed by atoms with Crippen molar-refractivity contribution in [1.82, 2.24) is 14.9 Å². The fourth-order valence-corrected chi connectivity index (χ4v) is 3.28. The fourth-order valence-electron chi connectivity index (χ4n) is 2.62. The van der Waals surface area contributed by atoms with E-state index in [2.05, 4.69) is 22.4 Å². The zero-order valence-corrected chi connectivity index (χ0v) is 15.6. The number of nitrogens with zero attached hydrogens (tertiary/aromatic N) is 3. The monoisotopic (exact) mass is 367 g/mol. The van der Waals surface area contributed by atoms with E-state index < -0.39 is 0 Å². The number of hydrogen-bond donors (Lipinski definition) is 2. The maximum atomic E-state index is 12.3. The zero-order chi connectivity index (χ0) is 18.5. The van der Waals surface area contributed by atoms with Crippen molar-refractivity contribution in [3.05, 3.63) is 59.7 Å². The van der Waals surface area contributed by atoms with Gasteiger partial charge in [-0.2, -0.15) is 0 Å². The van der Waals surface area contributed by atoms with Gasteiger partial charge in [-0.15, -0.1) is 10.2 Å². The third-order valence-corrected chi connectivity index (χ3v) is 4.89. The van der Waals surface area contributed by atoms with Gasteiger partial charge in [0.25, 0.3) is 0 Å². The van der Waals surface area contributed by atoms with Crippen LogP contribution in [-0.2, 0) is 11.2 Å². The van der Waals surface area contributed by atoms with Gasteiger partial charge in [-0.3, -0.25) is 4.79 Å². The predicted octanol–water partition coefficient (Wildman–Crippen LogP) is 3.26. The van der Waals surface area contributed by atoms with Crippen LogP contribution in [0.25, 0.3) is 11.4 Å². The van der Waals surface area contributed by atoms with Gasteiger partial charge < -0.3 is 11.2 Å². The molecule has 0 saturated carbocycles. The summed E-state index contributed by atoms with van der Waals surface area (Å²) in [4.78, 5) is 12.3. The normalized spacial score (nSPS) is 10.7. The molecule has 0 spiro atoms. The minimum absolute atomic E-state index is 0.101. The van der Waals surface area contributed by atoms with Gasteiger partial charge in [0, 0.05) is 11.3 Å². The van der Waals surface area contributed by atoms with Crippen molar-refractivity contribution < 1.29 is 4.79 Å². The quantitative estimate of drug-likeness (QED) is 0.516. The van der Waals surface area contributed by atoms with Crippen molar-refractivity contribution >= 4 is 23.4 Å². The molecule has 0 radical (unpaired) electrons. The van der Waals surface area contributed by atoms with Crippen LogP contribution in [-0.4, -0.2) is 26.5 Å². The van der Waals surface area contributed by atoms with Crippen LogP contribution in [0.4, 0.5) is 5.69 Å². The third kappa shape index (κ3) is 4.05. The first-order valence-electron chi connectivity index (χ1n) is 8.36. The summed E-state index contributed by atoms with van der Waals surface area (Å²) < 4.78 is 1.42. The lowest BCUT2D eigenvalue weighted by molar-refractivity contribution is -0.113. The second-order valence-corrected chi connectivity index (χ2v) is 6.84. The first kappa shape index (κ1) is 18.0. The number of aryl methyl sites for hydroxylation is 2. The van der Waals surface area contributed by atoms with Crippen LogP contribution in [0.1, 0.15) is 18.1 Å². The van der Waals surface area contributed by atoms with E-state index in [9.17, 15) is 4.79 Å². The molecule has 6 nitrogen and oxygen atoms in total. The first-order valence-corrected chi connectivity index (χ1v) is 9.35. The van der Waals surface area contributed by atoms with Gasteiger partial charge in [-0.25, -0.2) is 4.68 Å². The molecule has 2 aromatic carbocycles. The van der Waals surface area contributed by atoms with Crippen molar-refractivity contribution in [2.24, 2.45) is 0 Å². The number of hydrogen-bond acceptors (Lipinski definition) is 5. The minimum Gasteiger partial charge on any atom is -0.335 e. The SMILES string of the molecule is CCc1ccccc1NC(=O)CSc1nnc(-c2cccc(C)c2)n1N. The van der Waals surface area contributed by atoms with E-state index >= 15 is 0 Å². The molecule has 1 aromatic heterocycles. The molecule has 0 saturated heterocycles. The smallest absolute Gasteiger partial charge is 0.234 e. The number of carbonyl (C=O) groups excluding carboxylic acids is 1. The molecule has 0 atom stereocenters. The molecule has 1 heterocycles. The van der Waals surface area contributed by atoms with Gasteiger partial charge in [0.1, 0.15) is 0 Å². The first-order chi connectivity index (χ1) is 12.6. The van der Waals surface area contributed by atoms with Crippen LogP contribution >= 0.6 is 11.8 Å². The number of nitrogens with two attached hydrogens (primary N) is 1. The molecule has 0 aliphatic carbocycles. The Hall–Kier alpha value is -2.80. The molecule has 3 N–H and O–H groups in total. The molecular weight excluding hydrogens is 346 g/mol. The van der Waals surface area contributed by atoms with E-state index in [-0.39, 0.29) is 11.7 Å². The molecule has 0 aliphatic heterocycles. The van der Waals surface area contributed by atoms with Crippen LogP contribution in [0.3, 0.4) is 0 Å². The average molecular weight is 367 g/mol. The number of nitrogen functional groups attached to an aromatic ring is 1. The predicted molar refractivity (Wildman–Crippen MR) is 106 cm³/mol. The highest BCUT2D eigenvalue weighted by Gasteiger charge is 2.14. The zero-order valence-electron chi connectivity index (χ0n) is 14.8. The highest BCUT2D eigenvalue weighted by molar-refractivity contribution is 7.99. The molecular formula is C19H21N5OS. The molecule has 7 heteroatoms. The lowest BCUT2D eigenvalue weighted by Gasteiger charge is -2.09. The summed E-state index contributed by atoms with van der Waals surface area (Å²) in [7, 11) is 0. The molecule has 0 bridgehead atoms. The lowest BCUT2D eigenvalue weighted by Crippen LogP contribution is -2.17. The van der Waals surface area contributed by atoms with Crippen LogP contribution in [0.15, 0.2) is 53.7 Å². The van der Waals surface area contributed by atoms with E-state index in [1.165, 1.54) is 16.4 Å². The topological polar surface area (TPSA) is 85.8 Å². The molecule has 3 aromatic rings. The van der Waals surface area contributed by atoms with Crippen molar-refractivity contribution in [2.45, 2.75) is 25.4 Å². The Morgan fingerprint density at radius 2 is 2.00 bits per heavy atom. The summed E-state index contributed by atoms with van der Waals surface area (Å²) in [5.41, 5.74) is 3.96. The molecule has 0 unspecified atom stereocenters. The Labute approximate surface area is 156 Å². The van der Waals surface area contributed by atoms with E-state index in [1.807, 2.05) is 55.5 Å². The largest absolute Gasteiger partial charge is 0.335 e. The van der Waals surface area contributed by atoms with Gasteiger partial charge >= 0.3 is 0 Å². The second-order valence-electron chi connectivity index (χ2n) is 5.89.